The van der Waals surface area contributed by atoms with Gasteiger partial charge in [0.25, 0.3) is 5.91 Å². The molecular formula is C15H18N2O3S. The van der Waals surface area contributed by atoms with E-state index in [2.05, 4.69) is 5.32 Å². The second kappa shape index (κ2) is 5.35. The van der Waals surface area contributed by atoms with Gasteiger partial charge in [-0.1, -0.05) is 13.3 Å². The smallest absolute Gasteiger partial charge is 0.254 e. The van der Waals surface area contributed by atoms with Gasteiger partial charge in [0.2, 0.25) is 5.91 Å². The number of amides is 2. The van der Waals surface area contributed by atoms with Crippen LogP contribution in [-0.4, -0.2) is 46.3 Å². The van der Waals surface area contributed by atoms with Crippen LogP contribution in [0.2, 0.25) is 0 Å². The van der Waals surface area contributed by atoms with Crippen molar-refractivity contribution in [3.8, 4) is 0 Å². The van der Waals surface area contributed by atoms with Crippen molar-refractivity contribution in [1.29, 1.82) is 0 Å². The minimum atomic E-state index is -0.720. The standard InChI is InChI=1S/C15H18N2O3S/c1-2-5-15(20)8-17(9-15)14(19)10-3-4-12-11(6-10)16-13(18)7-21-12/h3-4,6,20H,2,5,7-9H2,1H3,(H,16,18). The highest BCUT2D eigenvalue weighted by Gasteiger charge is 2.42. The predicted octanol–water partition coefficient (Wildman–Crippen LogP) is 1.72. The van der Waals surface area contributed by atoms with Crippen LogP contribution in [0.3, 0.4) is 0 Å². The number of β-amino-alcohol motifs (C(OH)–C–C–N with tert-alkyl or cyclic N) is 1. The summed E-state index contributed by atoms with van der Waals surface area (Å²) in [4.78, 5) is 26.4. The first kappa shape index (κ1) is 14.4. The summed E-state index contributed by atoms with van der Waals surface area (Å²) in [7, 11) is 0. The lowest BCUT2D eigenvalue weighted by molar-refractivity contribution is -0.113. The van der Waals surface area contributed by atoms with Crippen LogP contribution in [0.25, 0.3) is 0 Å². The molecule has 5 nitrogen and oxygen atoms in total. The number of nitrogens with zero attached hydrogens (tertiary/aromatic N) is 1. The van der Waals surface area contributed by atoms with Gasteiger partial charge < -0.3 is 15.3 Å². The molecule has 2 aliphatic heterocycles. The highest BCUT2D eigenvalue weighted by atomic mass is 32.2. The van der Waals surface area contributed by atoms with Gasteiger partial charge in [-0.25, -0.2) is 0 Å². The van der Waals surface area contributed by atoms with E-state index in [1.54, 1.807) is 17.0 Å². The fraction of sp³-hybridized carbons (Fsp3) is 0.467. The van der Waals surface area contributed by atoms with E-state index in [4.69, 9.17) is 0 Å². The first-order chi connectivity index (χ1) is 10.0. The third kappa shape index (κ3) is 2.78. The van der Waals surface area contributed by atoms with Crippen molar-refractivity contribution >= 4 is 29.3 Å². The SMILES string of the molecule is CCCC1(O)CN(C(=O)c2ccc3c(c2)NC(=O)CS3)C1. The molecule has 1 saturated heterocycles. The lowest BCUT2D eigenvalue weighted by Crippen LogP contribution is -2.63. The summed E-state index contributed by atoms with van der Waals surface area (Å²) in [5, 5.41) is 12.9. The highest BCUT2D eigenvalue weighted by molar-refractivity contribution is 8.00. The van der Waals surface area contributed by atoms with Crippen molar-refractivity contribution < 1.29 is 14.7 Å². The summed E-state index contributed by atoms with van der Waals surface area (Å²) < 4.78 is 0. The summed E-state index contributed by atoms with van der Waals surface area (Å²) in [6, 6.07) is 5.37. The van der Waals surface area contributed by atoms with Gasteiger partial charge in [0.1, 0.15) is 0 Å². The average molecular weight is 306 g/mol. The third-order valence-electron chi connectivity index (χ3n) is 3.83. The lowest BCUT2D eigenvalue weighted by atomic mass is 9.88. The molecule has 0 aliphatic carbocycles. The van der Waals surface area contributed by atoms with Crippen LogP contribution in [0.4, 0.5) is 5.69 Å². The number of benzene rings is 1. The maximum Gasteiger partial charge on any atom is 0.254 e. The molecule has 0 radical (unpaired) electrons. The number of carbonyl (C=O) groups excluding carboxylic acids is 2. The Labute approximate surface area is 127 Å². The monoisotopic (exact) mass is 306 g/mol. The molecule has 2 aliphatic rings. The van der Waals surface area contributed by atoms with Gasteiger partial charge in [-0.05, 0) is 24.6 Å². The maximum absolute atomic E-state index is 12.4. The number of likely N-dealkylation sites (tertiary alicyclic amines) is 1. The molecule has 0 saturated carbocycles. The molecule has 112 valence electrons. The molecule has 2 amide bonds. The van der Waals surface area contributed by atoms with Crippen LogP contribution < -0.4 is 5.32 Å². The van der Waals surface area contributed by atoms with Crippen molar-refractivity contribution in [2.24, 2.45) is 0 Å². The highest BCUT2D eigenvalue weighted by Crippen LogP contribution is 2.33. The van der Waals surface area contributed by atoms with Gasteiger partial charge in [-0.3, -0.25) is 9.59 Å². The molecule has 0 unspecified atom stereocenters. The summed E-state index contributed by atoms with van der Waals surface area (Å²) in [6.07, 6.45) is 1.62. The van der Waals surface area contributed by atoms with E-state index in [9.17, 15) is 14.7 Å². The number of carbonyl (C=O) groups is 2. The number of anilines is 1. The number of hydrogen-bond acceptors (Lipinski definition) is 4. The molecule has 0 spiro atoms. The van der Waals surface area contributed by atoms with Crippen LogP contribution in [0.5, 0.6) is 0 Å². The fourth-order valence-corrected chi connectivity index (χ4v) is 3.62. The average Bonchev–Trinajstić information content (AvgIpc) is 2.43. The largest absolute Gasteiger partial charge is 0.386 e. The Bertz CT molecular complexity index is 597. The number of rotatable bonds is 3. The Balaban J connectivity index is 1.72. The van der Waals surface area contributed by atoms with Crippen LogP contribution in [-0.2, 0) is 4.79 Å². The van der Waals surface area contributed by atoms with Crippen LogP contribution in [0.15, 0.2) is 23.1 Å². The lowest BCUT2D eigenvalue weighted by Gasteiger charge is -2.46. The Morgan fingerprint density at radius 3 is 2.95 bits per heavy atom. The number of nitrogens with one attached hydrogen (secondary N) is 1. The first-order valence-corrected chi connectivity index (χ1v) is 8.08. The van der Waals surface area contributed by atoms with Gasteiger partial charge in [0.05, 0.1) is 30.1 Å². The van der Waals surface area contributed by atoms with E-state index < -0.39 is 5.60 Å². The molecule has 0 atom stereocenters. The Kier molecular flexibility index (Phi) is 3.67. The molecule has 1 fully saturated rings. The number of aliphatic hydroxyl groups is 1. The minimum Gasteiger partial charge on any atom is -0.386 e. The number of fused-ring (bicyclic) bond motifs is 1. The van der Waals surface area contributed by atoms with Crippen molar-refractivity contribution in [2.75, 3.05) is 24.2 Å². The number of hydrogen-bond donors (Lipinski definition) is 2. The molecular weight excluding hydrogens is 288 g/mol. The Morgan fingerprint density at radius 1 is 1.48 bits per heavy atom. The van der Waals surface area contributed by atoms with E-state index in [0.717, 1.165) is 11.3 Å². The Morgan fingerprint density at radius 2 is 2.24 bits per heavy atom. The summed E-state index contributed by atoms with van der Waals surface area (Å²) in [5.74, 6) is 0.276. The predicted molar refractivity (Wildman–Crippen MR) is 81.6 cm³/mol. The van der Waals surface area contributed by atoms with Crippen LogP contribution in [0, 0.1) is 0 Å². The van der Waals surface area contributed by atoms with Gasteiger partial charge in [0, 0.05) is 10.5 Å². The van der Waals surface area contributed by atoms with Crippen molar-refractivity contribution in [1.82, 2.24) is 4.90 Å². The van der Waals surface area contributed by atoms with E-state index in [0.29, 0.717) is 36.5 Å². The summed E-state index contributed by atoms with van der Waals surface area (Å²) >= 11 is 1.47. The van der Waals surface area contributed by atoms with Crippen LogP contribution in [0.1, 0.15) is 30.1 Å². The molecule has 1 aromatic rings. The zero-order valence-electron chi connectivity index (χ0n) is 11.9. The van der Waals surface area contributed by atoms with Crippen molar-refractivity contribution in [3.05, 3.63) is 23.8 Å². The molecule has 3 rings (SSSR count). The van der Waals surface area contributed by atoms with E-state index in [1.165, 1.54) is 11.8 Å². The maximum atomic E-state index is 12.4. The molecule has 0 bridgehead atoms. The Hall–Kier alpha value is -1.53. The summed E-state index contributed by atoms with van der Waals surface area (Å²) in [5.41, 5.74) is 0.532. The van der Waals surface area contributed by atoms with E-state index in [-0.39, 0.29) is 11.8 Å². The number of thioether (sulfide) groups is 1. The van der Waals surface area contributed by atoms with Crippen molar-refractivity contribution in [3.63, 3.8) is 0 Å². The van der Waals surface area contributed by atoms with Gasteiger partial charge >= 0.3 is 0 Å². The normalized spacial score (nSPS) is 19.5. The minimum absolute atomic E-state index is 0.0432. The zero-order valence-corrected chi connectivity index (χ0v) is 12.7. The molecule has 1 aromatic carbocycles. The molecule has 2 heterocycles. The first-order valence-electron chi connectivity index (χ1n) is 7.09. The van der Waals surface area contributed by atoms with E-state index in [1.807, 2.05) is 13.0 Å². The van der Waals surface area contributed by atoms with Gasteiger partial charge in [0.15, 0.2) is 0 Å². The third-order valence-corrected chi connectivity index (χ3v) is 4.91. The molecule has 0 aromatic heterocycles. The molecule has 2 N–H and O–H groups in total. The van der Waals surface area contributed by atoms with Gasteiger partial charge in [-0.2, -0.15) is 0 Å². The molecule has 6 heteroatoms. The van der Waals surface area contributed by atoms with Crippen molar-refractivity contribution in [2.45, 2.75) is 30.3 Å². The topological polar surface area (TPSA) is 69.6 Å². The van der Waals surface area contributed by atoms with Crippen LogP contribution >= 0.6 is 11.8 Å². The zero-order chi connectivity index (χ0) is 15.0. The second-order valence-corrected chi connectivity index (χ2v) is 6.70. The van der Waals surface area contributed by atoms with Gasteiger partial charge in [-0.15, -0.1) is 11.8 Å². The summed E-state index contributed by atoms with van der Waals surface area (Å²) in [6.45, 7) is 2.79. The second-order valence-electron chi connectivity index (χ2n) is 5.68. The molecule has 21 heavy (non-hydrogen) atoms. The quantitative estimate of drug-likeness (QED) is 0.892. The van der Waals surface area contributed by atoms with E-state index >= 15 is 0 Å². The fourth-order valence-electron chi connectivity index (χ4n) is 2.83.